The molecule has 4 heterocycles. The second-order valence-corrected chi connectivity index (χ2v) is 6.09. The molecule has 6 nitrogen and oxygen atoms in total. The van der Waals surface area contributed by atoms with Crippen LogP contribution in [0.1, 0.15) is 16.9 Å². The van der Waals surface area contributed by atoms with Gasteiger partial charge in [-0.2, -0.15) is 0 Å². The van der Waals surface area contributed by atoms with E-state index in [2.05, 4.69) is 10.1 Å². The maximum Gasteiger partial charge on any atom is 0.231 e. The number of aromatic nitrogens is 1. The first-order chi connectivity index (χ1) is 11.9. The van der Waals surface area contributed by atoms with Gasteiger partial charge in [0.1, 0.15) is 11.5 Å². The topological polar surface area (TPSA) is 60.9 Å². The van der Waals surface area contributed by atoms with Crippen LogP contribution in [0.25, 0.3) is 11.3 Å². The van der Waals surface area contributed by atoms with Crippen molar-refractivity contribution >= 4 is 0 Å². The van der Waals surface area contributed by atoms with Crippen LogP contribution in [0.4, 0.5) is 0 Å². The SMILES string of the molecule is c1cc(CN2CCc3onc(-c4ccc5c(c4)OCO5)c3C2)co1. The van der Waals surface area contributed by atoms with Crippen LogP contribution in [0, 0.1) is 0 Å². The van der Waals surface area contributed by atoms with Crippen molar-refractivity contribution in [1.29, 1.82) is 0 Å². The smallest absolute Gasteiger partial charge is 0.231 e. The largest absolute Gasteiger partial charge is 0.472 e. The third kappa shape index (κ3) is 2.27. The average Bonchev–Trinajstić information content (AvgIpc) is 3.34. The lowest BCUT2D eigenvalue weighted by molar-refractivity contribution is 0.174. The van der Waals surface area contributed by atoms with E-state index in [1.807, 2.05) is 24.3 Å². The summed E-state index contributed by atoms with van der Waals surface area (Å²) in [6.45, 7) is 2.90. The molecule has 0 aliphatic carbocycles. The van der Waals surface area contributed by atoms with E-state index in [1.165, 1.54) is 5.56 Å². The fourth-order valence-electron chi connectivity index (χ4n) is 3.31. The van der Waals surface area contributed by atoms with Crippen LogP contribution in [-0.4, -0.2) is 23.4 Å². The van der Waals surface area contributed by atoms with Crippen LogP contribution < -0.4 is 9.47 Å². The van der Waals surface area contributed by atoms with Gasteiger partial charge in [0.15, 0.2) is 11.5 Å². The number of fused-ring (bicyclic) bond motifs is 2. The molecule has 0 fully saturated rings. The molecule has 0 unspecified atom stereocenters. The second kappa shape index (κ2) is 5.42. The molecule has 2 aliphatic heterocycles. The van der Waals surface area contributed by atoms with Crippen LogP contribution in [0.2, 0.25) is 0 Å². The van der Waals surface area contributed by atoms with Crippen molar-refractivity contribution in [2.24, 2.45) is 0 Å². The fourth-order valence-corrected chi connectivity index (χ4v) is 3.31. The second-order valence-electron chi connectivity index (χ2n) is 6.09. The number of nitrogens with zero attached hydrogens (tertiary/aromatic N) is 2. The van der Waals surface area contributed by atoms with E-state index >= 15 is 0 Å². The summed E-state index contributed by atoms with van der Waals surface area (Å²) < 4.78 is 21.6. The lowest BCUT2D eigenvalue weighted by Gasteiger charge is -2.25. The lowest BCUT2D eigenvalue weighted by Crippen LogP contribution is -2.29. The Morgan fingerprint density at radius 2 is 2.08 bits per heavy atom. The third-order valence-electron chi connectivity index (χ3n) is 4.54. The normalized spacial score (nSPS) is 16.3. The third-order valence-corrected chi connectivity index (χ3v) is 4.54. The van der Waals surface area contributed by atoms with Gasteiger partial charge in [-0.3, -0.25) is 4.90 Å². The molecule has 5 rings (SSSR count). The van der Waals surface area contributed by atoms with Gasteiger partial charge >= 0.3 is 0 Å². The van der Waals surface area contributed by atoms with Crippen molar-refractivity contribution in [2.45, 2.75) is 19.5 Å². The van der Waals surface area contributed by atoms with Gasteiger partial charge in [0.2, 0.25) is 6.79 Å². The molecule has 2 aliphatic rings. The molecule has 0 bridgehead atoms. The Morgan fingerprint density at radius 3 is 3.00 bits per heavy atom. The molecule has 1 aromatic carbocycles. The number of ether oxygens (including phenoxy) is 2. The maximum absolute atomic E-state index is 5.58. The van der Waals surface area contributed by atoms with E-state index in [4.69, 9.17) is 18.4 Å². The molecule has 2 aromatic heterocycles. The number of hydrogen-bond acceptors (Lipinski definition) is 6. The van der Waals surface area contributed by atoms with Crippen LogP contribution in [0.5, 0.6) is 11.5 Å². The van der Waals surface area contributed by atoms with Crippen molar-refractivity contribution in [2.75, 3.05) is 13.3 Å². The summed E-state index contributed by atoms with van der Waals surface area (Å²) in [6, 6.07) is 7.89. The van der Waals surface area contributed by atoms with Crippen molar-refractivity contribution in [3.05, 3.63) is 53.7 Å². The summed E-state index contributed by atoms with van der Waals surface area (Å²) in [4.78, 5) is 2.38. The quantitative estimate of drug-likeness (QED) is 0.737. The zero-order chi connectivity index (χ0) is 15.9. The first-order valence-electron chi connectivity index (χ1n) is 7.98. The zero-order valence-corrected chi connectivity index (χ0v) is 13.0. The number of furan rings is 1. The van der Waals surface area contributed by atoms with Crippen molar-refractivity contribution in [3.63, 3.8) is 0 Å². The van der Waals surface area contributed by atoms with E-state index in [1.54, 1.807) is 12.5 Å². The minimum Gasteiger partial charge on any atom is -0.472 e. The van der Waals surface area contributed by atoms with Crippen molar-refractivity contribution in [1.82, 2.24) is 10.1 Å². The number of benzene rings is 1. The van der Waals surface area contributed by atoms with Crippen LogP contribution in [0.3, 0.4) is 0 Å². The van der Waals surface area contributed by atoms with E-state index in [0.29, 0.717) is 0 Å². The van der Waals surface area contributed by atoms with Crippen LogP contribution in [0.15, 0.2) is 45.7 Å². The molecule has 122 valence electrons. The van der Waals surface area contributed by atoms with Crippen molar-refractivity contribution in [3.8, 4) is 22.8 Å². The molecule has 0 N–H and O–H groups in total. The van der Waals surface area contributed by atoms with E-state index in [0.717, 1.165) is 60.1 Å². The molecular weight excluding hydrogens is 308 g/mol. The predicted octanol–water partition coefficient (Wildman–Crippen LogP) is 3.22. The molecule has 6 heteroatoms. The first kappa shape index (κ1) is 13.7. The summed E-state index contributed by atoms with van der Waals surface area (Å²) in [5.41, 5.74) is 4.22. The average molecular weight is 324 g/mol. The van der Waals surface area contributed by atoms with Gasteiger partial charge in [-0.25, -0.2) is 0 Å². The van der Waals surface area contributed by atoms with E-state index in [9.17, 15) is 0 Å². The Kier molecular flexibility index (Phi) is 3.09. The summed E-state index contributed by atoms with van der Waals surface area (Å²) in [7, 11) is 0. The molecule has 0 spiro atoms. The van der Waals surface area contributed by atoms with Crippen LogP contribution >= 0.6 is 0 Å². The number of hydrogen-bond donors (Lipinski definition) is 0. The summed E-state index contributed by atoms with van der Waals surface area (Å²) in [6.07, 6.45) is 4.37. The van der Waals surface area contributed by atoms with Gasteiger partial charge in [0, 0.05) is 42.7 Å². The van der Waals surface area contributed by atoms with Crippen LogP contribution in [-0.2, 0) is 19.5 Å². The maximum atomic E-state index is 5.58. The van der Waals surface area contributed by atoms with Gasteiger partial charge in [-0.15, -0.1) is 0 Å². The monoisotopic (exact) mass is 324 g/mol. The van der Waals surface area contributed by atoms with Crippen molar-refractivity contribution < 1.29 is 18.4 Å². The van der Waals surface area contributed by atoms with Gasteiger partial charge in [0.25, 0.3) is 0 Å². The molecule has 24 heavy (non-hydrogen) atoms. The Bertz CT molecular complexity index is 869. The highest BCUT2D eigenvalue weighted by molar-refractivity contribution is 5.67. The van der Waals surface area contributed by atoms with Gasteiger partial charge < -0.3 is 18.4 Å². The minimum absolute atomic E-state index is 0.272. The molecular formula is C18H16N2O4. The molecule has 0 amide bonds. The molecule has 0 atom stereocenters. The Labute approximate surface area is 138 Å². The molecule has 0 saturated heterocycles. The standard InChI is InChI=1S/C18H16N2O4/c1-2-16-17(23-11-22-16)7-13(1)18-14-9-20(5-3-15(14)24-19-18)8-12-4-6-21-10-12/h1-2,4,6-7,10H,3,5,8-9,11H2. The van der Waals surface area contributed by atoms with E-state index in [-0.39, 0.29) is 6.79 Å². The molecule has 0 radical (unpaired) electrons. The Balaban J connectivity index is 1.44. The van der Waals surface area contributed by atoms with E-state index < -0.39 is 0 Å². The molecule has 3 aromatic rings. The molecule has 0 saturated carbocycles. The lowest BCUT2D eigenvalue weighted by atomic mass is 10.0. The highest BCUT2D eigenvalue weighted by atomic mass is 16.7. The highest BCUT2D eigenvalue weighted by Crippen LogP contribution is 2.38. The van der Waals surface area contributed by atoms with Gasteiger partial charge in [-0.1, -0.05) is 5.16 Å². The predicted molar refractivity (Wildman–Crippen MR) is 84.6 cm³/mol. The number of rotatable bonds is 3. The van der Waals surface area contributed by atoms with Gasteiger partial charge in [0.05, 0.1) is 12.5 Å². The summed E-state index contributed by atoms with van der Waals surface area (Å²) in [5, 5.41) is 4.31. The zero-order valence-electron chi connectivity index (χ0n) is 13.0. The fraction of sp³-hybridized carbons (Fsp3) is 0.278. The Morgan fingerprint density at radius 1 is 1.12 bits per heavy atom. The van der Waals surface area contributed by atoms with Gasteiger partial charge in [-0.05, 0) is 24.3 Å². The summed E-state index contributed by atoms with van der Waals surface area (Å²) >= 11 is 0. The minimum atomic E-state index is 0.272. The first-order valence-corrected chi connectivity index (χ1v) is 7.98. The Hall–Kier alpha value is -2.73. The highest BCUT2D eigenvalue weighted by Gasteiger charge is 2.26. The summed E-state index contributed by atoms with van der Waals surface area (Å²) in [5.74, 6) is 2.51.